The summed E-state index contributed by atoms with van der Waals surface area (Å²) in [7, 11) is 0. The maximum atomic E-state index is 12.5. The molecule has 1 saturated heterocycles. The summed E-state index contributed by atoms with van der Waals surface area (Å²) in [4.78, 5) is 14.6. The van der Waals surface area contributed by atoms with Gasteiger partial charge in [0.15, 0.2) is 11.9 Å². The molecule has 0 saturated carbocycles. The Hall–Kier alpha value is -1.70. The molecule has 2 rings (SSSR count). The third kappa shape index (κ3) is 3.06. The molecule has 0 amide bonds. The van der Waals surface area contributed by atoms with Gasteiger partial charge in [0.25, 0.3) is 0 Å². The maximum absolute atomic E-state index is 12.5. The zero-order valence-electron chi connectivity index (χ0n) is 12.2. The Labute approximate surface area is 120 Å². The maximum Gasteiger partial charge on any atom is 0.179 e. The second-order valence-electron chi connectivity index (χ2n) is 5.32. The van der Waals surface area contributed by atoms with Crippen molar-refractivity contribution in [2.75, 3.05) is 19.7 Å². The van der Waals surface area contributed by atoms with E-state index in [1.54, 1.807) is 0 Å². The third-order valence-electron chi connectivity index (χ3n) is 3.96. The number of carbonyl (C=O) groups is 1. The van der Waals surface area contributed by atoms with Crippen LogP contribution in [0.15, 0.2) is 18.2 Å². The second-order valence-corrected chi connectivity index (χ2v) is 5.32. The van der Waals surface area contributed by atoms with E-state index in [0.29, 0.717) is 19.7 Å². The van der Waals surface area contributed by atoms with Gasteiger partial charge in [-0.3, -0.25) is 9.69 Å². The zero-order chi connectivity index (χ0) is 14.7. The lowest BCUT2D eigenvalue weighted by atomic mass is 9.99. The Kier molecular flexibility index (Phi) is 4.53. The average Bonchev–Trinajstić information content (AvgIpc) is 2.48. The Bertz CT molecular complexity index is 548. The number of aryl methyl sites for hydroxylation is 2. The van der Waals surface area contributed by atoms with Crippen LogP contribution in [0.3, 0.4) is 0 Å². The van der Waals surface area contributed by atoms with Crippen LogP contribution in [0.25, 0.3) is 0 Å². The predicted molar refractivity (Wildman–Crippen MR) is 76.6 cm³/mol. The number of rotatable bonds is 3. The van der Waals surface area contributed by atoms with Gasteiger partial charge in [-0.1, -0.05) is 12.1 Å². The van der Waals surface area contributed by atoms with Gasteiger partial charge in [-0.25, -0.2) is 0 Å². The van der Waals surface area contributed by atoms with Gasteiger partial charge in [-0.15, -0.1) is 0 Å². The molecule has 0 spiro atoms. The average molecular weight is 272 g/mol. The summed E-state index contributed by atoms with van der Waals surface area (Å²) in [5.41, 5.74) is 3.05. The summed E-state index contributed by atoms with van der Waals surface area (Å²) in [5.74, 6) is 0.103. The molecule has 20 heavy (non-hydrogen) atoms. The standard InChI is InChI=1S/C16H20N2O2/c1-11-4-5-14(8-12(11)2)16(19)13(3)18-6-7-20-15(9-17)10-18/h4-5,8,13,15H,6-7,10H2,1-3H3. The van der Waals surface area contributed by atoms with E-state index in [9.17, 15) is 4.79 Å². The second kappa shape index (κ2) is 6.17. The number of hydrogen-bond acceptors (Lipinski definition) is 4. The number of ketones is 1. The minimum atomic E-state index is -0.432. The van der Waals surface area contributed by atoms with Gasteiger partial charge >= 0.3 is 0 Å². The summed E-state index contributed by atoms with van der Waals surface area (Å²) < 4.78 is 5.31. The lowest BCUT2D eigenvalue weighted by Crippen LogP contribution is -2.49. The van der Waals surface area contributed by atoms with E-state index >= 15 is 0 Å². The Balaban J connectivity index is 2.12. The number of nitriles is 1. The van der Waals surface area contributed by atoms with Gasteiger partial charge in [0.1, 0.15) is 0 Å². The third-order valence-corrected chi connectivity index (χ3v) is 3.96. The van der Waals surface area contributed by atoms with Crippen LogP contribution >= 0.6 is 0 Å². The van der Waals surface area contributed by atoms with E-state index in [1.165, 1.54) is 5.56 Å². The Morgan fingerprint density at radius 1 is 1.45 bits per heavy atom. The minimum Gasteiger partial charge on any atom is -0.361 e. The van der Waals surface area contributed by atoms with Crippen molar-refractivity contribution in [2.45, 2.75) is 32.9 Å². The van der Waals surface area contributed by atoms with Gasteiger partial charge in [0, 0.05) is 18.7 Å². The van der Waals surface area contributed by atoms with Gasteiger partial charge in [0.05, 0.1) is 18.7 Å². The molecule has 4 nitrogen and oxygen atoms in total. The highest BCUT2D eigenvalue weighted by Gasteiger charge is 2.28. The fraction of sp³-hybridized carbons (Fsp3) is 0.500. The molecule has 2 unspecified atom stereocenters. The SMILES string of the molecule is Cc1ccc(C(=O)C(C)N2CCOC(C#N)C2)cc1C. The molecule has 4 heteroatoms. The van der Waals surface area contributed by atoms with Crippen LogP contribution in [-0.4, -0.2) is 42.5 Å². The molecule has 1 aromatic rings. The lowest BCUT2D eigenvalue weighted by molar-refractivity contribution is -0.0109. The molecule has 1 aromatic carbocycles. The van der Waals surface area contributed by atoms with Crippen LogP contribution in [0.4, 0.5) is 0 Å². The van der Waals surface area contributed by atoms with Crippen molar-refractivity contribution in [1.82, 2.24) is 4.90 Å². The summed E-state index contributed by atoms with van der Waals surface area (Å²) in [6.45, 7) is 7.63. The first-order chi connectivity index (χ1) is 9.52. The summed E-state index contributed by atoms with van der Waals surface area (Å²) in [5, 5.41) is 8.93. The molecule has 1 aliphatic rings. The fourth-order valence-corrected chi connectivity index (χ4v) is 2.40. The number of morpholine rings is 1. The van der Waals surface area contributed by atoms with Crippen molar-refractivity contribution in [1.29, 1.82) is 5.26 Å². The molecule has 0 aromatic heterocycles. The van der Waals surface area contributed by atoms with Crippen molar-refractivity contribution in [3.8, 4) is 6.07 Å². The number of ether oxygens (including phenoxy) is 1. The highest BCUT2D eigenvalue weighted by Crippen LogP contribution is 2.16. The van der Waals surface area contributed by atoms with Crippen molar-refractivity contribution < 1.29 is 9.53 Å². The number of carbonyl (C=O) groups excluding carboxylic acids is 1. The first-order valence-electron chi connectivity index (χ1n) is 6.89. The Morgan fingerprint density at radius 3 is 2.85 bits per heavy atom. The molecular formula is C16H20N2O2. The number of benzene rings is 1. The van der Waals surface area contributed by atoms with Crippen molar-refractivity contribution >= 4 is 5.78 Å². The van der Waals surface area contributed by atoms with Crippen LogP contribution in [0, 0.1) is 25.2 Å². The van der Waals surface area contributed by atoms with Crippen LogP contribution in [0.2, 0.25) is 0 Å². The van der Waals surface area contributed by atoms with Crippen molar-refractivity contribution in [3.05, 3.63) is 34.9 Å². The van der Waals surface area contributed by atoms with Crippen molar-refractivity contribution in [3.63, 3.8) is 0 Å². The molecule has 2 atom stereocenters. The van der Waals surface area contributed by atoms with E-state index in [1.807, 2.05) is 43.9 Å². The molecule has 0 aliphatic carbocycles. The van der Waals surface area contributed by atoms with Crippen LogP contribution < -0.4 is 0 Å². The van der Waals surface area contributed by atoms with Gasteiger partial charge in [0.2, 0.25) is 0 Å². The first-order valence-corrected chi connectivity index (χ1v) is 6.89. The van der Waals surface area contributed by atoms with E-state index in [2.05, 4.69) is 6.07 Å². The van der Waals surface area contributed by atoms with Crippen molar-refractivity contribution in [2.24, 2.45) is 0 Å². The summed E-state index contributed by atoms with van der Waals surface area (Å²) >= 11 is 0. The van der Waals surface area contributed by atoms with Gasteiger partial charge in [-0.2, -0.15) is 5.26 Å². The van der Waals surface area contributed by atoms with E-state index in [4.69, 9.17) is 10.00 Å². The molecule has 1 fully saturated rings. The number of Topliss-reactive ketones (excluding diaryl/α,β-unsaturated/α-hetero) is 1. The zero-order valence-corrected chi connectivity index (χ0v) is 12.2. The number of hydrogen-bond donors (Lipinski definition) is 0. The molecule has 0 bridgehead atoms. The first kappa shape index (κ1) is 14.7. The van der Waals surface area contributed by atoms with Crippen LogP contribution in [0.1, 0.15) is 28.4 Å². The summed E-state index contributed by atoms with van der Waals surface area (Å²) in [6.07, 6.45) is -0.432. The molecular weight excluding hydrogens is 252 g/mol. The predicted octanol–water partition coefficient (Wildman–Crippen LogP) is 2.10. The molecule has 1 aliphatic heterocycles. The molecule has 0 N–H and O–H groups in total. The minimum absolute atomic E-state index is 0.103. The Morgan fingerprint density at radius 2 is 2.20 bits per heavy atom. The molecule has 0 radical (unpaired) electrons. The monoisotopic (exact) mass is 272 g/mol. The van der Waals surface area contributed by atoms with Crippen LogP contribution in [0.5, 0.6) is 0 Å². The normalized spacial score (nSPS) is 21.2. The molecule has 106 valence electrons. The summed E-state index contributed by atoms with van der Waals surface area (Å²) in [6, 6.07) is 7.68. The fourth-order valence-electron chi connectivity index (χ4n) is 2.40. The topological polar surface area (TPSA) is 53.3 Å². The van der Waals surface area contributed by atoms with Gasteiger partial charge in [-0.05, 0) is 38.0 Å². The smallest absolute Gasteiger partial charge is 0.179 e. The van der Waals surface area contributed by atoms with E-state index in [0.717, 1.165) is 11.1 Å². The lowest BCUT2D eigenvalue weighted by Gasteiger charge is -2.33. The van der Waals surface area contributed by atoms with Crippen LogP contribution in [-0.2, 0) is 4.74 Å². The largest absolute Gasteiger partial charge is 0.361 e. The number of nitrogens with zero attached hydrogens (tertiary/aromatic N) is 2. The molecule has 1 heterocycles. The van der Waals surface area contributed by atoms with Gasteiger partial charge < -0.3 is 4.74 Å². The highest BCUT2D eigenvalue weighted by atomic mass is 16.5. The highest BCUT2D eigenvalue weighted by molar-refractivity contribution is 6.00. The quantitative estimate of drug-likeness (QED) is 0.791. The van der Waals surface area contributed by atoms with E-state index in [-0.39, 0.29) is 11.8 Å². The van der Waals surface area contributed by atoms with E-state index < -0.39 is 6.10 Å².